The molecule has 0 fully saturated rings. The molecule has 0 aromatic carbocycles. The van der Waals surface area contributed by atoms with Gasteiger partial charge in [-0.25, -0.2) is 0 Å². The predicted octanol–water partition coefficient (Wildman–Crippen LogP) is -0.138. The highest BCUT2D eigenvalue weighted by atomic mass is 19.4. The minimum Gasteiger partial charge on any atom is -0.347 e. The van der Waals surface area contributed by atoms with Gasteiger partial charge in [0.15, 0.2) is 0 Å². The van der Waals surface area contributed by atoms with E-state index in [1.54, 1.807) is 6.92 Å². The summed E-state index contributed by atoms with van der Waals surface area (Å²) in [4.78, 5) is 23.0. The Morgan fingerprint density at radius 1 is 1.35 bits per heavy atom. The monoisotopic (exact) mass is 255 g/mol. The normalized spacial score (nSPS) is 11.1. The van der Waals surface area contributed by atoms with E-state index in [2.05, 4.69) is 5.32 Å². The number of hydrogen-bond acceptors (Lipinski definition) is 3. The molecule has 0 unspecified atom stereocenters. The number of hydrogen-bond donors (Lipinski definition) is 2. The molecule has 17 heavy (non-hydrogen) atoms. The smallest absolute Gasteiger partial charge is 0.347 e. The van der Waals surface area contributed by atoms with Crippen LogP contribution in [0.1, 0.15) is 13.3 Å². The van der Waals surface area contributed by atoms with Crippen molar-refractivity contribution in [2.45, 2.75) is 19.5 Å². The Bertz CT molecular complexity index is 269. The van der Waals surface area contributed by atoms with Crippen LogP contribution in [0, 0.1) is 0 Å². The fraction of sp³-hybridized carbons (Fsp3) is 0.778. The molecule has 0 aliphatic rings. The number of amides is 2. The molecular weight excluding hydrogens is 239 g/mol. The summed E-state index contributed by atoms with van der Waals surface area (Å²) in [5.41, 5.74) is 5.09. The van der Waals surface area contributed by atoms with Crippen LogP contribution in [0.5, 0.6) is 0 Å². The second kappa shape index (κ2) is 7.10. The first-order valence-corrected chi connectivity index (χ1v) is 5.15. The third-order valence-electron chi connectivity index (χ3n) is 1.78. The number of halogens is 3. The maximum atomic E-state index is 12.2. The molecule has 0 bridgehead atoms. The van der Waals surface area contributed by atoms with Gasteiger partial charge in [0.2, 0.25) is 0 Å². The molecule has 0 heterocycles. The van der Waals surface area contributed by atoms with Crippen LogP contribution in [0.2, 0.25) is 0 Å². The van der Waals surface area contributed by atoms with Crippen LogP contribution in [0.4, 0.5) is 13.2 Å². The van der Waals surface area contributed by atoms with Gasteiger partial charge in [0, 0.05) is 19.6 Å². The van der Waals surface area contributed by atoms with Crippen molar-refractivity contribution in [2.24, 2.45) is 5.73 Å². The summed E-state index contributed by atoms with van der Waals surface area (Å²) in [6.45, 7) is 0.251. The van der Waals surface area contributed by atoms with Gasteiger partial charge in [-0.3, -0.25) is 9.59 Å². The van der Waals surface area contributed by atoms with E-state index in [9.17, 15) is 22.8 Å². The van der Waals surface area contributed by atoms with E-state index in [0.717, 1.165) is 0 Å². The number of carbonyl (C=O) groups excluding carboxylic acids is 2. The summed E-state index contributed by atoms with van der Waals surface area (Å²) in [6, 6.07) is 0. The molecule has 5 nitrogen and oxygen atoms in total. The van der Waals surface area contributed by atoms with Gasteiger partial charge >= 0.3 is 18.0 Å². The van der Waals surface area contributed by atoms with Gasteiger partial charge in [-0.05, 0) is 6.42 Å². The number of carbonyl (C=O) groups is 2. The van der Waals surface area contributed by atoms with E-state index in [1.165, 1.54) is 0 Å². The van der Waals surface area contributed by atoms with E-state index < -0.39 is 24.5 Å². The highest BCUT2D eigenvalue weighted by Gasteiger charge is 2.34. The van der Waals surface area contributed by atoms with E-state index in [1.807, 2.05) is 0 Å². The van der Waals surface area contributed by atoms with E-state index in [-0.39, 0.29) is 19.6 Å². The molecule has 0 aromatic heterocycles. The van der Waals surface area contributed by atoms with Crippen LogP contribution in [0.25, 0.3) is 0 Å². The Hall–Kier alpha value is -1.31. The van der Waals surface area contributed by atoms with Gasteiger partial charge in [0.05, 0.1) is 0 Å². The van der Waals surface area contributed by atoms with Crippen LogP contribution in [0.3, 0.4) is 0 Å². The predicted molar refractivity (Wildman–Crippen MR) is 55.0 cm³/mol. The van der Waals surface area contributed by atoms with Crippen molar-refractivity contribution in [1.29, 1.82) is 0 Å². The highest BCUT2D eigenvalue weighted by molar-refractivity contribution is 6.35. The largest absolute Gasteiger partial charge is 0.406 e. The molecule has 0 atom stereocenters. The lowest BCUT2D eigenvalue weighted by molar-refractivity contribution is -0.164. The van der Waals surface area contributed by atoms with Crippen LogP contribution < -0.4 is 11.1 Å². The minimum absolute atomic E-state index is 0.0521. The molecule has 0 radical (unpaired) electrons. The third-order valence-corrected chi connectivity index (χ3v) is 1.78. The first kappa shape index (κ1) is 15.7. The molecule has 0 aromatic rings. The molecule has 3 N–H and O–H groups in total. The van der Waals surface area contributed by atoms with E-state index >= 15 is 0 Å². The third kappa shape index (κ3) is 6.77. The first-order valence-electron chi connectivity index (χ1n) is 5.15. The summed E-state index contributed by atoms with van der Waals surface area (Å²) in [5, 5.41) is 2.13. The van der Waals surface area contributed by atoms with Crippen molar-refractivity contribution in [1.82, 2.24) is 10.2 Å². The Morgan fingerprint density at radius 3 is 2.35 bits per heavy atom. The van der Waals surface area contributed by atoms with Crippen LogP contribution >= 0.6 is 0 Å². The second-order valence-corrected chi connectivity index (χ2v) is 3.39. The molecule has 0 saturated heterocycles. The molecule has 0 spiro atoms. The van der Waals surface area contributed by atoms with Gasteiger partial charge in [-0.2, -0.15) is 13.2 Å². The van der Waals surface area contributed by atoms with Crippen LogP contribution in [0.15, 0.2) is 0 Å². The van der Waals surface area contributed by atoms with E-state index in [0.29, 0.717) is 11.3 Å². The fourth-order valence-electron chi connectivity index (χ4n) is 1.14. The molecule has 0 saturated carbocycles. The number of nitrogens with one attached hydrogen (secondary N) is 1. The summed E-state index contributed by atoms with van der Waals surface area (Å²) in [7, 11) is 0. The summed E-state index contributed by atoms with van der Waals surface area (Å²) in [6.07, 6.45) is -4.18. The standard InChI is InChI=1S/C9H16F3N3O2/c1-2-5-15(6-9(10,11)12)8(17)7(16)14-4-3-13/h2-6,13H2,1H3,(H,14,16). The zero-order valence-corrected chi connectivity index (χ0v) is 9.51. The van der Waals surface area contributed by atoms with Crippen LogP contribution in [-0.2, 0) is 9.59 Å². The SMILES string of the molecule is CCCN(CC(F)(F)F)C(=O)C(=O)NCCN. The van der Waals surface area contributed by atoms with Crippen molar-refractivity contribution < 1.29 is 22.8 Å². The molecule has 0 rings (SSSR count). The van der Waals surface area contributed by atoms with Crippen molar-refractivity contribution in [3.05, 3.63) is 0 Å². The Balaban J connectivity index is 4.48. The number of nitrogens with two attached hydrogens (primary N) is 1. The number of nitrogens with zero attached hydrogens (tertiary/aromatic N) is 1. The summed E-state index contributed by atoms with van der Waals surface area (Å²) < 4.78 is 36.5. The zero-order chi connectivity index (χ0) is 13.5. The Labute approximate surface area is 97.1 Å². The van der Waals surface area contributed by atoms with Gasteiger partial charge in [0.1, 0.15) is 6.54 Å². The molecule has 8 heteroatoms. The summed E-state index contributed by atoms with van der Waals surface area (Å²) in [5.74, 6) is -2.24. The average molecular weight is 255 g/mol. The lowest BCUT2D eigenvalue weighted by Crippen LogP contribution is -2.47. The van der Waals surface area contributed by atoms with Gasteiger partial charge in [-0.1, -0.05) is 6.92 Å². The molecule has 2 amide bonds. The molecule has 100 valence electrons. The maximum Gasteiger partial charge on any atom is 0.406 e. The fourth-order valence-corrected chi connectivity index (χ4v) is 1.14. The van der Waals surface area contributed by atoms with E-state index in [4.69, 9.17) is 5.73 Å². The minimum atomic E-state index is -4.51. The maximum absolute atomic E-state index is 12.2. The Morgan fingerprint density at radius 2 is 1.94 bits per heavy atom. The number of rotatable bonds is 5. The molecule has 0 aliphatic heterocycles. The van der Waals surface area contributed by atoms with Crippen molar-refractivity contribution in [3.63, 3.8) is 0 Å². The lowest BCUT2D eigenvalue weighted by atomic mass is 10.3. The topological polar surface area (TPSA) is 75.4 Å². The van der Waals surface area contributed by atoms with Crippen LogP contribution in [-0.4, -0.2) is 49.1 Å². The highest BCUT2D eigenvalue weighted by Crippen LogP contribution is 2.16. The Kier molecular flexibility index (Phi) is 6.55. The molecular formula is C9H16F3N3O2. The van der Waals surface area contributed by atoms with Crippen molar-refractivity contribution in [2.75, 3.05) is 26.2 Å². The van der Waals surface area contributed by atoms with Gasteiger partial charge in [-0.15, -0.1) is 0 Å². The summed E-state index contributed by atoms with van der Waals surface area (Å²) >= 11 is 0. The lowest BCUT2D eigenvalue weighted by Gasteiger charge is -2.22. The average Bonchev–Trinajstić information content (AvgIpc) is 2.22. The van der Waals surface area contributed by atoms with Crippen molar-refractivity contribution >= 4 is 11.8 Å². The number of alkyl halides is 3. The van der Waals surface area contributed by atoms with Gasteiger partial charge in [0.25, 0.3) is 0 Å². The molecule has 0 aliphatic carbocycles. The quantitative estimate of drug-likeness (QED) is 0.671. The van der Waals surface area contributed by atoms with Crippen molar-refractivity contribution in [3.8, 4) is 0 Å². The zero-order valence-electron chi connectivity index (χ0n) is 9.51. The second-order valence-electron chi connectivity index (χ2n) is 3.39. The van der Waals surface area contributed by atoms with Gasteiger partial charge < -0.3 is 16.0 Å². The first-order chi connectivity index (χ1) is 7.81.